The molecule has 51 heavy (non-hydrogen) atoms. The van der Waals surface area contributed by atoms with Gasteiger partial charge in [0.05, 0.1) is 16.8 Å². The number of hydrogen-bond acceptors (Lipinski definition) is 4. The molecule has 2 aliphatic rings. The van der Waals surface area contributed by atoms with Crippen molar-refractivity contribution in [2.75, 3.05) is 0 Å². The Bertz CT molecular complexity index is 2730. The largest absolute Gasteiger partial charge is 0.228 e. The molecule has 7 aromatic carbocycles. The molecule has 1 aliphatic heterocycles. The van der Waals surface area contributed by atoms with Crippen molar-refractivity contribution in [2.24, 2.45) is 0 Å². The van der Waals surface area contributed by atoms with Gasteiger partial charge >= 0.3 is 0 Å². The lowest BCUT2D eigenvalue weighted by Crippen LogP contribution is -2.32. The number of thiophene rings is 1. The lowest BCUT2D eigenvalue weighted by molar-refractivity contribution is 0.723. The predicted molar refractivity (Wildman–Crippen MR) is 213 cm³/mol. The Morgan fingerprint density at radius 1 is 0.392 bits per heavy atom. The standard InChI is InChI=1S/C47H28N2S2/c1-3-13-29(14-4-1)40-28-41(49-46(48-40)30-15-5-2-6-16-30)31-23-24-32-34-26-35-33-17-7-10-20-42(33)50-45(35)27-39(34)47(38(32)25-31)36-18-8-11-21-43(36)51-44-22-12-9-19-37(44)47/h1-28H. The molecule has 0 atom stereocenters. The maximum atomic E-state index is 5.25. The summed E-state index contributed by atoms with van der Waals surface area (Å²) in [6.07, 6.45) is 0. The summed E-state index contributed by atoms with van der Waals surface area (Å²) in [5, 5.41) is 2.64. The first-order valence-corrected chi connectivity index (χ1v) is 18.9. The van der Waals surface area contributed by atoms with Crippen LogP contribution in [0.4, 0.5) is 0 Å². The summed E-state index contributed by atoms with van der Waals surface area (Å²) in [6, 6.07) is 61.8. The smallest absolute Gasteiger partial charge is 0.160 e. The maximum Gasteiger partial charge on any atom is 0.160 e. The van der Waals surface area contributed by atoms with Crippen LogP contribution in [-0.4, -0.2) is 9.97 Å². The van der Waals surface area contributed by atoms with E-state index in [2.05, 4.69) is 146 Å². The summed E-state index contributed by atoms with van der Waals surface area (Å²) in [4.78, 5) is 12.9. The molecular formula is C47H28N2S2. The molecule has 0 amide bonds. The number of hydrogen-bond donors (Lipinski definition) is 0. The highest BCUT2D eigenvalue weighted by molar-refractivity contribution is 7.99. The average Bonchev–Trinajstić information content (AvgIpc) is 3.70. The van der Waals surface area contributed by atoms with Crippen LogP contribution >= 0.6 is 23.1 Å². The van der Waals surface area contributed by atoms with Gasteiger partial charge in [0.2, 0.25) is 0 Å². The summed E-state index contributed by atoms with van der Waals surface area (Å²) in [6.45, 7) is 0. The van der Waals surface area contributed by atoms with E-state index in [1.54, 1.807) is 0 Å². The SMILES string of the molecule is c1ccc(-c2cc(-c3ccc4c(c3)C3(c5ccccc5Sc5ccccc53)c3cc5sc6ccccc6c5cc3-4)nc(-c3ccccc3)n2)cc1. The van der Waals surface area contributed by atoms with Crippen molar-refractivity contribution >= 4 is 43.3 Å². The van der Waals surface area contributed by atoms with Gasteiger partial charge in [0.25, 0.3) is 0 Å². The Morgan fingerprint density at radius 3 is 1.75 bits per heavy atom. The molecular weight excluding hydrogens is 657 g/mol. The number of aromatic nitrogens is 2. The van der Waals surface area contributed by atoms with E-state index in [1.165, 1.54) is 63.3 Å². The van der Waals surface area contributed by atoms with Crippen molar-refractivity contribution in [2.45, 2.75) is 15.2 Å². The molecule has 9 aromatic rings. The van der Waals surface area contributed by atoms with Crippen molar-refractivity contribution in [3.63, 3.8) is 0 Å². The molecule has 3 heterocycles. The van der Waals surface area contributed by atoms with Crippen LogP contribution < -0.4 is 0 Å². The molecule has 11 rings (SSSR count). The van der Waals surface area contributed by atoms with E-state index in [1.807, 2.05) is 47.4 Å². The van der Waals surface area contributed by atoms with E-state index in [9.17, 15) is 0 Å². The normalized spacial score (nSPS) is 13.6. The van der Waals surface area contributed by atoms with Gasteiger partial charge in [0.15, 0.2) is 5.82 Å². The van der Waals surface area contributed by atoms with E-state index < -0.39 is 5.41 Å². The molecule has 0 N–H and O–H groups in total. The molecule has 4 heteroatoms. The van der Waals surface area contributed by atoms with Gasteiger partial charge in [-0.05, 0) is 75.8 Å². The highest BCUT2D eigenvalue weighted by Crippen LogP contribution is 2.63. The van der Waals surface area contributed by atoms with E-state index in [0.29, 0.717) is 0 Å². The Morgan fingerprint density at radius 2 is 1.00 bits per heavy atom. The first-order valence-electron chi connectivity index (χ1n) is 17.2. The third kappa shape index (κ3) is 4.24. The lowest BCUT2D eigenvalue weighted by Gasteiger charge is -2.39. The molecule has 1 spiro atoms. The number of nitrogens with zero attached hydrogens (tertiary/aromatic N) is 2. The minimum Gasteiger partial charge on any atom is -0.228 e. The monoisotopic (exact) mass is 684 g/mol. The van der Waals surface area contributed by atoms with E-state index in [-0.39, 0.29) is 0 Å². The lowest BCUT2D eigenvalue weighted by atomic mass is 9.67. The Kier molecular flexibility index (Phi) is 6.30. The molecule has 2 nitrogen and oxygen atoms in total. The molecule has 0 bridgehead atoms. The average molecular weight is 685 g/mol. The van der Waals surface area contributed by atoms with Gasteiger partial charge in [-0.1, -0.05) is 139 Å². The molecule has 0 fully saturated rings. The fourth-order valence-electron chi connectivity index (χ4n) is 8.34. The molecule has 0 saturated heterocycles. The minimum atomic E-state index is -0.485. The summed E-state index contributed by atoms with van der Waals surface area (Å²) in [5.41, 5.74) is 12.4. The summed E-state index contributed by atoms with van der Waals surface area (Å²) in [7, 11) is 0. The number of fused-ring (bicyclic) bond motifs is 12. The molecule has 2 aromatic heterocycles. The third-order valence-electron chi connectivity index (χ3n) is 10.6. The van der Waals surface area contributed by atoms with Crippen LogP contribution in [0.3, 0.4) is 0 Å². The van der Waals surface area contributed by atoms with Gasteiger partial charge in [-0.25, -0.2) is 9.97 Å². The zero-order chi connectivity index (χ0) is 33.5. The van der Waals surface area contributed by atoms with E-state index in [4.69, 9.17) is 9.97 Å². The molecule has 238 valence electrons. The highest BCUT2D eigenvalue weighted by atomic mass is 32.2. The number of benzene rings is 7. The van der Waals surface area contributed by atoms with Gasteiger partial charge < -0.3 is 0 Å². The van der Waals surface area contributed by atoms with E-state index in [0.717, 1.165) is 33.9 Å². The van der Waals surface area contributed by atoms with Gasteiger partial charge in [-0.15, -0.1) is 11.3 Å². The van der Waals surface area contributed by atoms with Gasteiger partial charge in [-0.3, -0.25) is 0 Å². The fraction of sp³-hybridized carbons (Fsp3) is 0.0213. The molecule has 0 radical (unpaired) electrons. The second-order valence-corrected chi connectivity index (χ2v) is 15.5. The first-order chi connectivity index (χ1) is 25.3. The Hall–Kier alpha value is -5.81. The zero-order valence-corrected chi connectivity index (χ0v) is 29.0. The van der Waals surface area contributed by atoms with Gasteiger partial charge in [0, 0.05) is 46.7 Å². The fourth-order valence-corrected chi connectivity index (χ4v) is 10.7. The van der Waals surface area contributed by atoms with Crippen molar-refractivity contribution in [1.29, 1.82) is 0 Å². The van der Waals surface area contributed by atoms with Crippen molar-refractivity contribution in [1.82, 2.24) is 9.97 Å². The van der Waals surface area contributed by atoms with Crippen molar-refractivity contribution in [3.05, 3.63) is 192 Å². The van der Waals surface area contributed by atoms with Crippen LogP contribution in [-0.2, 0) is 5.41 Å². The first kappa shape index (κ1) is 29.0. The highest BCUT2D eigenvalue weighted by Gasteiger charge is 2.50. The minimum absolute atomic E-state index is 0.485. The van der Waals surface area contributed by atoms with Crippen LogP contribution in [0.25, 0.3) is 65.2 Å². The van der Waals surface area contributed by atoms with Crippen LogP contribution in [0.1, 0.15) is 22.3 Å². The summed E-state index contributed by atoms with van der Waals surface area (Å²) >= 11 is 3.78. The zero-order valence-electron chi connectivity index (χ0n) is 27.4. The Balaban J connectivity index is 1.23. The van der Waals surface area contributed by atoms with E-state index >= 15 is 0 Å². The number of rotatable bonds is 3. The molecule has 1 aliphatic carbocycles. The van der Waals surface area contributed by atoms with Crippen molar-refractivity contribution < 1.29 is 0 Å². The van der Waals surface area contributed by atoms with Crippen LogP contribution in [0, 0.1) is 0 Å². The summed E-state index contributed by atoms with van der Waals surface area (Å²) in [5.74, 6) is 0.724. The molecule has 0 saturated carbocycles. The van der Waals surface area contributed by atoms with Gasteiger partial charge in [-0.2, -0.15) is 0 Å². The third-order valence-corrected chi connectivity index (χ3v) is 12.8. The predicted octanol–water partition coefficient (Wildman–Crippen LogP) is 12.7. The topological polar surface area (TPSA) is 25.8 Å². The van der Waals surface area contributed by atoms with Crippen LogP contribution in [0.2, 0.25) is 0 Å². The Labute approximate surface area is 304 Å². The van der Waals surface area contributed by atoms with Crippen molar-refractivity contribution in [3.8, 4) is 45.0 Å². The second-order valence-electron chi connectivity index (χ2n) is 13.3. The summed E-state index contributed by atoms with van der Waals surface area (Å²) < 4.78 is 2.65. The quantitative estimate of drug-likeness (QED) is 0.185. The van der Waals surface area contributed by atoms with Crippen LogP contribution in [0.5, 0.6) is 0 Å². The van der Waals surface area contributed by atoms with Gasteiger partial charge in [0.1, 0.15) is 0 Å². The molecule has 0 unspecified atom stereocenters. The van der Waals surface area contributed by atoms with Crippen LogP contribution in [0.15, 0.2) is 180 Å². The second kappa shape index (κ2) is 11.1. The maximum absolute atomic E-state index is 5.25.